The molecule has 0 aliphatic carbocycles. The molecule has 1 unspecified atom stereocenters. The fraction of sp³-hybridized carbons (Fsp3) is 0.727. The van der Waals surface area contributed by atoms with E-state index in [2.05, 4.69) is 10.6 Å². The molecule has 3 N–H and O–H groups in total. The Bertz CT molecular complexity index is 325. The maximum Gasteiger partial charge on any atom is 0.326 e. The number of halogens is 1. The van der Waals surface area contributed by atoms with E-state index in [1.165, 1.54) is 0 Å². The van der Waals surface area contributed by atoms with Gasteiger partial charge in [0.05, 0.1) is 0 Å². The maximum absolute atomic E-state index is 11.7. The average molecular weight is 279 g/mol. The van der Waals surface area contributed by atoms with Gasteiger partial charge in [-0.1, -0.05) is 20.8 Å². The van der Waals surface area contributed by atoms with Crippen LogP contribution in [0.25, 0.3) is 0 Å². The first-order valence-electron chi connectivity index (χ1n) is 5.55. The van der Waals surface area contributed by atoms with E-state index < -0.39 is 23.5 Å². The molecule has 0 aromatic carbocycles. The molecule has 18 heavy (non-hydrogen) atoms. The molecule has 0 saturated heterocycles. The van der Waals surface area contributed by atoms with Gasteiger partial charge >= 0.3 is 12.0 Å². The van der Waals surface area contributed by atoms with E-state index in [1.54, 1.807) is 20.8 Å². The summed E-state index contributed by atoms with van der Waals surface area (Å²) in [6.45, 7) is 5.32. The van der Waals surface area contributed by atoms with Gasteiger partial charge < -0.3 is 15.7 Å². The summed E-state index contributed by atoms with van der Waals surface area (Å²) in [6, 6.07) is -1.88. The van der Waals surface area contributed by atoms with Gasteiger partial charge in [0, 0.05) is 24.3 Å². The predicted molar refractivity (Wildman–Crippen MR) is 67.8 cm³/mol. The minimum atomic E-state index is -1.24. The zero-order valence-corrected chi connectivity index (χ0v) is 11.5. The zero-order valence-electron chi connectivity index (χ0n) is 10.7. The second kappa shape index (κ2) is 7.20. The molecule has 7 heteroatoms. The molecule has 2 amide bonds. The van der Waals surface area contributed by atoms with E-state index >= 15 is 0 Å². The quantitative estimate of drug-likeness (QED) is 0.631. The van der Waals surface area contributed by atoms with Crippen molar-refractivity contribution in [3.8, 4) is 0 Å². The van der Waals surface area contributed by atoms with Crippen molar-refractivity contribution in [1.82, 2.24) is 10.6 Å². The third-order valence-electron chi connectivity index (χ3n) is 2.21. The molecular weight excluding hydrogens is 260 g/mol. The summed E-state index contributed by atoms with van der Waals surface area (Å²) in [5, 5.41) is 13.5. The first-order chi connectivity index (χ1) is 8.18. The molecule has 0 aromatic heterocycles. The minimum Gasteiger partial charge on any atom is -0.480 e. The number of carboxylic acid groups (broad SMARTS) is 1. The van der Waals surface area contributed by atoms with Crippen LogP contribution in [0.1, 0.15) is 27.2 Å². The van der Waals surface area contributed by atoms with Gasteiger partial charge in [-0.15, -0.1) is 11.6 Å². The second-order valence-corrected chi connectivity index (χ2v) is 5.24. The molecule has 0 rings (SSSR count). The lowest BCUT2D eigenvalue weighted by atomic mass is 9.87. The van der Waals surface area contributed by atoms with Crippen molar-refractivity contribution in [1.29, 1.82) is 0 Å². The van der Waals surface area contributed by atoms with Crippen molar-refractivity contribution in [3.05, 3.63) is 0 Å². The molecule has 1 atom stereocenters. The molecule has 6 nitrogen and oxygen atoms in total. The number of hydrogen-bond acceptors (Lipinski definition) is 3. The number of urea groups is 1. The van der Waals surface area contributed by atoms with E-state index in [4.69, 9.17) is 16.7 Å². The van der Waals surface area contributed by atoms with Crippen molar-refractivity contribution >= 4 is 29.4 Å². The third-order valence-corrected chi connectivity index (χ3v) is 2.40. The van der Waals surface area contributed by atoms with Crippen LogP contribution in [-0.2, 0) is 9.59 Å². The average Bonchev–Trinajstić information content (AvgIpc) is 2.23. The highest BCUT2D eigenvalue weighted by atomic mass is 35.5. The molecule has 0 aliphatic rings. The van der Waals surface area contributed by atoms with E-state index in [9.17, 15) is 14.4 Å². The molecule has 0 fully saturated rings. The highest BCUT2D eigenvalue weighted by Gasteiger charge is 2.29. The van der Waals surface area contributed by atoms with Crippen LogP contribution in [0, 0.1) is 5.41 Å². The monoisotopic (exact) mass is 278 g/mol. The Morgan fingerprint density at radius 2 is 1.83 bits per heavy atom. The van der Waals surface area contributed by atoms with Crippen LogP contribution in [0.3, 0.4) is 0 Å². The van der Waals surface area contributed by atoms with E-state index in [0.717, 1.165) is 0 Å². The van der Waals surface area contributed by atoms with E-state index in [1.807, 2.05) is 0 Å². The molecule has 0 aromatic rings. The Labute approximate surface area is 111 Å². The number of carboxylic acids is 1. The number of rotatable bonds is 6. The van der Waals surface area contributed by atoms with Gasteiger partial charge in [-0.25, -0.2) is 9.59 Å². The van der Waals surface area contributed by atoms with Gasteiger partial charge in [0.2, 0.25) is 0 Å². The highest BCUT2D eigenvalue weighted by molar-refractivity contribution is 6.18. The third kappa shape index (κ3) is 6.44. The molecule has 0 aliphatic heterocycles. The van der Waals surface area contributed by atoms with Gasteiger partial charge in [-0.3, -0.25) is 4.79 Å². The van der Waals surface area contributed by atoms with Gasteiger partial charge in [0.1, 0.15) is 11.8 Å². The van der Waals surface area contributed by atoms with Crippen LogP contribution in [0.2, 0.25) is 0 Å². The Morgan fingerprint density at radius 1 is 1.28 bits per heavy atom. The van der Waals surface area contributed by atoms with Crippen molar-refractivity contribution < 1.29 is 19.5 Å². The van der Waals surface area contributed by atoms with Crippen LogP contribution < -0.4 is 10.6 Å². The molecule has 0 spiro atoms. The number of hydrogen-bond donors (Lipinski definition) is 3. The summed E-state index contributed by atoms with van der Waals surface area (Å²) in [7, 11) is 0. The van der Waals surface area contributed by atoms with Gasteiger partial charge in [0.15, 0.2) is 0 Å². The first kappa shape index (κ1) is 16.7. The van der Waals surface area contributed by atoms with E-state index in [-0.39, 0.29) is 24.6 Å². The minimum absolute atomic E-state index is 0.228. The Morgan fingerprint density at radius 3 is 2.22 bits per heavy atom. The summed E-state index contributed by atoms with van der Waals surface area (Å²) < 4.78 is 0. The fourth-order valence-corrected chi connectivity index (χ4v) is 1.16. The summed E-state index contributed by atoms with van der Waals surface area (Å²) in [5.74, 6) is -1.24. The largest absolute Gasteiger partial charge is 0.480 e. The van der Waals surface area contributed by atoms with E-state index in [0.29, 0.717) is 0 Å². The lowest BCUT2D eigenvalue weighted by Crippen LogP contribution is -2.48. The van der Waals surface area contributed by atoms with Crippen molar-refractivity contribution in [3.63, 3.8) is 0 Å². The molecule has 0 bridgehead atoms. The predicted octanol–water partition coefficient (Wildman–Crippen LogP) is 0.983. The first-order valence-corrected chi connectivity index (χ1v) is 6.08. The Balaban J connectivity index is 4.46. The molecule has 0 heterocycles. The van der Waals surface area contributed by atoms with Gasteiger partial charge in [-0.2, -0.15) is 0 Å². The lowest BCUT2D eigenvalue weighted by Gasteiger charge is -2.20. The summed E-state index contributed by atoms with van der Waals surface area (Å²) in [4.78, 5) is 34.0. The van der Waals surface area contributed by atoms with Crippen LogP contribution in [0.5, 0.6) is 0 Å². The number of aliphatic carboxylic acids is 1. The smallest absolute Gasteiger partial charge is 0.326 e. The van der Waals surface area contributed by atoms with Crippen LogP contribution in [-0.4, -0.2) is 41.4 Å². The second-order valence-electron chi connectivity index (χ2n) is 4.86. The molecule has 104 valence electrons. The number of alkyl halides is 1. The number of carbonyl (C=O) groups excluding carboxylic acids is 2. The number of ketones is 1. The van der Waals surface area contributed by atoms with Crippen molar-refractivity contribution in [2.45, 2.75) is 33.2 Å². The standard InChI is InChI=1S/C11H19ClN2O4/c1-11(2,3)8(15)6-7(9(16)17)14-10(18)13-5-4-12/h7H,4-6H2,1-3H3,(H,16,17)(H2,13,14,18). The topological polar surface area (TPSA) is 95.5 Å². The Hall–Kier alpha value is -1.30. The summed E-state index contributed by atoms with van der Waals surface area (Å²) in [5.41, 5.74) is -0.637. The molecule has 0 saturated carbocycles. The van der Waals surface area contributed by atoms with Crippen molar-refractivity contribution in [2.75, 3.05) is 12.4 Å². The number of carbonyl (C=O) groups is 3. The lowest BCUT2D eigenvalue weighted by molar-refractivity contribution is -0.142. The van der Waals surface area contributed by atoms with Crippen LogP contribution in [0.4, 0.5) is 4.79 Å². The number of nitrogens with one attached hydrogen (secondary N) is 2. The van der Waals surface area contributed by atoms with Crippen molar-refractivity contribution in [2.24, 2.45) is 5.41 Å². The number of Topliss-reactive ketones (excluding diaryl/α,β-unsaturated/α-hetero) is 1. The highest BCUT2D eigenvalue weighted by Crippen LogP contribution is 2.17. The maximum atomic E-state index is 11.7. The molecule has 0 radical (unpaired) electrons. The van der Waals surface area contributed by atoms with Gasteiger partial charge in [0.25, 0.3) is 0 Å². The zero-order chi connectivity index (χ0) is 14.3. The number of amides is 2. The van der Waals surface area contributed by atoms with Crippen LogP contribution in [0.15, 0.2) is 0 Å². The Kier molecular flexibility index (Phi) is 6.68. The fourth-order valence-electron chi connectivity index (χ4n) is 1.06. The van der Waals surface area contributed by atoms with Gasteiger partial charge in [-0.05, 0) is 0 Å². The van der Waals surface area contributed by atoms with Crippen LogP contribution >= 0.6 is 11.6 Å². The summed E-state index contributed by atoms with van der Waals surface area (Å²) >= 11 is 5.38. The molecular formula is C11H19ClN2O4. The SMILES string of the molecule is CC(C)(C)C(=O)CC(NC(=O)NCCCl)C(=O)O. The normalized spacial score (nSPS) is 12.7. The summed E-state index contributed by atoms with van der Waals surface area (Å²) in [6.07, 6.45) is -0.243.